The fraction of sp³-hybridized carbons (Fsp3) is 0.667. The lowest BCUT2D eigenvalue weighted by molar-refractivity contribution is 0.0239. The Kier molecular flexibility index (Phi) is 6.09. The van der Waals surface area contributed by atoms with Gasteiger partial charge in [0.2, 0.25) is 0 Å². The summed E-state index contributed by atoms with van der Waals surface area (Å²) in [5.74, 6) is 0.911. The van der Waals surface area contributed by atoms with Crippen LogP contribution in [0.2, 0.25) is 0 Å². The maximum Gasteiger partial charge on any atom is 0.137 e. The lowest BCUT2D eigenvalue weighted by atomic mass is 10.0. The van der Waals surface area contributed by atoms with E-state index in [0.29, 0.717) is 0 Å². The van der Waals surface area contributed by atoms with Gasteiger partial charge in [-0.05, 0) is 42.4 Å². The van der Waals surface area contributed by atoms with Crippen LogP contribution in [0, 0.1) is 0 Å². The Bertz CT molecular complexity index is 295. The monoisotopic (exact) mass is 289 g/mol. The molecule has 92 valence electrons. The zero-order valence-corrected chi connectivity index (χ0v) is 11.7. The van der Waals surface area contributed by atoms with E-state index in [4.69, 9.17) is 9.15 Å². The van der Waals surface area contributed by atoms with Crippen LogP contribution >= 0.6 is 15.9 Å². The van der Waals surface area contributed by atoms with Crippen molar-refractivity contribution in [2.45, 2.75) is 38.8 Å². The Balaban J connectivity index is 2.81. The molecule has 1 N–H and O–H groups in total. The lowest BCUT2D eigenvalue weighted by Crippen LogP contribution is -2.31. The van der Waals surface area contributed by atoms with Crippen molar-refractivity contribution < 1.29 is 9.15 Å². The van der Waals surface area contributed by atoms with Crippen LogP contribution in [0.15, 0.2) is 21.2 Å². The minimum absolute atomic E-state index is 0.101. The first kappa shape index (κ1) is 13.7. The van der Waals surface area contributed by atoms with E-state index >= 15 is 0 Å². The van der Waals surface area contributed by atoms with Gasteiger partial charge < -0.3 is 14.5 Å². The molecule has 0 spiro atoms. The molecule has 1 aromatic rings. The minimum Gasteiger partial charge on any atom is -0.466 e. The van der Waals surface area contributed by atoms with Crippen LogP contribution in [-0.4, -0.2) is 19.8 Å². The number of nitrogens with one attached hydrogen (secondary N) is 1. The molecule has 0 bridgehead atoms. The summed E-state index contributed by atoms with van der Waals surface area (Å²) in [5.41, 5.74) is 0. The molecule has 0 fully saturated rings. The van der Waals surface area contributed by atoms with Crippen molar-refractivity contribution in [3.05, 3.63) is 22.6 Å². The topological polar surface area (TPSA) is 34.4 Å². The van der Waals surface area contributed by atoms with Gasteiger partial charge in [-0.3, -0.25) is 0 Å². The second-order valence-electron chi connectivity index (χ2n) is 3.68. The molecule has 2 atom stereocenters. The van der Waals surface area contributed by atoms with Gasteiger partial charge in [0.25, 0.3) is 0 Å². The highest BCUT2D eigenvalue weighted by molar-refractivity contribution is 9.10. The maximum atomic E-state index is 5.77. The summed E-state index contributed by atoms with van der Waals surface area (Å²) in [6, 6.07) is 2.01. The molecule has 0 aliphatic carbocycles. The van der Waals surface area contributed by atoms with Gasteiger partial charge in [-0.15, -0.1) is 0 Å². The standard InChI is InChI=1S/C12H20BrNO2/c1-4-6-10(15-5-2)11(14-3)12-9(13)7-8-16-12/h7-8,10-11,14H,4-6H2,1-3H3. The van der Waals surface area contributed by atoms with Crippen molar-refractivity contribution in [1.82, 2.24) is 5.32 Å². The predicted molar refractivity (Wildman–Crippen MR) is 68.5 cm³/mol. The highest BCUT2D eigenvalue weighted by Gasteiger charge is 2.25. The summed E-state index contributed by atoms with van der Waals surface area (Å²) in [7, 11) is 1.93. The second-order valence-corrected chi connectivity index (χ2v) is 4.54. The molecular weight excluding hydrogens is 270 g/mol. The molecule has 0 radical (unpaired) electrons. The summed E-state index contributed by atoms with van der Waals surface area (Å²) >= 11 is 3.49. The summed E-state index contributed by atoms with van der Waals surface area (Å²) < 4.78 is 12.3. The summed E-state index contributed by atoms with van der Waals surface area (Å²) in [5, 5.41) is 3.27. The average Bonchev–Trinajstić information content (AvgIpc) is 2.67. The van der Waals surface area contributed by atoms with Gasteiger partial charge in [0.05, 0.1) is 22.9 Å². The highest BCUT2D eigenvalue weighted by atomic mass is 79.9. The van der Waals surface area contributed by atoms with Crippen LogP contribution < -0.4 is 5.32 Å². The molecule has 3 nitrogen and oxygen atoms in total. The zero-order valence-electron chi connectivity index (χ0n) is 10.1. The fourth-order valence-corrected chi connectivity index (χ4v) is 2.31. The van der Waals surface area contributed by atoms with Crippen molar-refractivity contribution >= 4 is 15.9 Å². The van der Waals surface area contributed by atoms with Crippen LogP contribution in [0.4, 0.5) is 0 Å². The molecule has 1 heterocycles. The van der Waals surface area contributed by atoms with Crippen molar-refractivity contribution in [2.75, 3.05) is 13.7 Å². The average molecular weight is 290 g/mol. The Morgan fingerprint density at radius 2 is 2.25 bits per heavy atom. The summed E-state index contributed by atoms with van der Waals surface area (Å²) in [6.45, 7) is 4.91. The lowest BCUT2D eigenvalue weighted by Gasteiger charge is -2.25. The van der Waals surface area contributed by atoms with E-state index in [1.165, 1.54) is 0 Å². The Hall–Kier alpha value is -0.320. The number of rotatable bonds is 7. The Labute approximate surface area is 106 Å². The van der Waals surface area contributed by atoms with E-state index in [2.05, 4.69) is 28.2 Å². The van der Waals surface area contributed by atoms with Crippen LogP contribution in [0.1, 0.15) is 38.5 Å². The van der Waals surface area contributed by atoms with Gasteiger partial charge in [0.15, 0.2) is 0 Å². The third-order valence-electron chi connectivity index (χ3n) is 2.56. The first-order valence-electron chi connectivity index (χ1n) is 5.76. The van der Waals surface area contributed by atoms with Crippen molar-refractivity contribution in [1.29, 1.82) is 0 Å². The molecule has 16 heavy (non-hydrogen) atoms. The van der Waals surface area contributed by atoms with Gasteiger partial charge in [0.1, 0.15) is 5.76 Å². The Morgan fingerprint density at radius 1 is 1.50 bits per heavy atom. The minimum atomic E-state index is 0.101. The molecule has 0 amide bonds. The van der Waals surface area contributed by atoms with E-state index in [1.54, 1.807) is 6.26 Å². The van der Waals surface area contributed by atoms with E-state index in [-0.39, 0.29) is 12.1 Å². The largest absolute Gasteiger partial charge is 0.466 e. The highest BCUT2D eigenvalue weighted by Crippen LogP contribution is 2.29. The van der Waals surface area contributed by atoms with Crippen LogP contribution in [0.25, 0.3) is 0 Å². The third-order valence-corrected chi connectivity index (χ3v) is 3.22. The van der Waals surface area contributed by atoms with Crippen LogP contribution in [0.3, 0.4) is 0 Å². The number of ether oxygens (including phenoxy) is 1. The predicted octanol–water partition coefficient (Wildman–Crippen LogP) is 3.51. The number of hydrogen-bond acceptors (Lipinski definition) is 3. The summed E-state index contributed by atoms with van der Waals surface area (Å²) in [4.78, 5) is 0. The molecular formula is C12H20BrNO2. The van der Waals surface area contributed by atoms with Crippen molar-refractivity contribution in [2.24, 2.45) is 0 Å². The van der Waals surface area contributed by atoms with Gasteiger partial charge >= 0.3 is 0 Å². The van der Waals surface area contributed by atoms with Crippen LogP contribution in [-0.2, 0) is 4.74 Å². The number of likely N-dealkylation sites (N-methyl/N-ethyl adjacent to an activating group) is 1. The summed E-state index contributed by atoms with van der Waals surface area (Å²) in [6.07, 6.45) is 3.97. The van der Waals surface area contributed by atoms with Crippen molar-refractivity contribution in [3.8, 4) is 0 Å². The molecule has 0 saturated heterocycles. The SMILES string of the molecule is CCCC(OCC)C(NC)c1occc1Br. The number of hydrogen-bond donors (Lipinski definition) is 1. The number of furan rings is 1. The van der Waals surface area contributed by atoms with E-state index in [1.807, 2.05) is 20.0 Å². The number of halogens is 1. The normalized spacial score (nSPS) is 15.0. The van der Waals surface area contributed by atoms with Gasteiger partial charge in [0, 0.05) is 6.61 Å². The quantitative estimate of drug-likeness (QED) is 0.834. The van der Waals surface area contributed by atoms with Gasteiger partial charge in [-0.25, -0.2) is 0 Å². The van der Waals surface area contributed by atoms with E-state index in [0.717, 1.165) is 29.7 Å². The van der Waals surface area contributed by atoms with Gasteiger partial charge in [-0.2, -0.15) is 0 Å². The smallest absolute Gasteiger partial charge is 0.137 e. The molecule has 0 aliphatic heterocycles. The molecule has 0 saturated carbocycles. The first-order chi connectivity index (χ1) is 7.74. The fourth-order valence-electron chi connectivity index (χ4n) is 1.86. The Morgan fingerprint density at radius 3 is 2.69 bits per heavy atom. The zero-order chi connectivity index (χ0) is 12.0. The molecule has 1 rings (SSSR count). The molecule has 2 unspecified atom stereocenters. The third kappa shape index (κ3) is 3.34. The molecule has 0 aromatic carbocycles. The molecule has 0 aliphatic rings. The maximum absolute atomic E-state index is 5.77. The van der Waals surface area contributed by atoms with Gasteiger partial charge in [-0.1, -0.05) is 13.3 Å². The van der Waals surface area contributed by atoms with Crippen LogP contribution in [0.5, 0.6) is 0 Å². The van der Waals surface area contributed by atoms with Crippen molar-refractivity contribution in [3.63, 3.8) is 0 Å². The first-order valence-corrected chi connectivity index (χ1v) is 6.55. The second kappa shape index (κ2) is 7.09. The molecule has 1 aromatic heterocycles. The van der Waals surface area contributed by atoms with E-state index < -0.39 is 0 Å². The van der Waals surface area contributed by atoms with E-state index in [9.17, 15) is 0 Å². The molecule has 4 heteroatoms.